The number of benzene rings is 1. The number of aliphatic hydroxyl groups excluding tert-OH is 1. The third-order valence-electron chi connectivity index (χ3n) is 2.76. The largest absolute Gasteiger partial charge is 0.392 e. The predicted octanol–water partition coefficient (Wildman–Crippen LogP) is 2.60. The third kappa shape index (κ3) is 3.15. The molecule has 0 aliphatic heterocycles. The molecule has 1 aromatic heterocycles. The van der Waals surface area contributed by atoms with Crippen LogP contribution in [0.1, 0.15) is 18.1 Å². The minimum absolute atomic E-state index is 0.176. The molecular weight excluding hydrogens is 282 g/mol. The maximum Gasteiger partial charge on any atom is 0.262 e. The lowest BCUT2D eigenvalue weighted by Crippen LogP contribution is -2.15. The van der Waals surface area contributed by atoms with Crippen LogP contribution in [0.25, 0.3) is 0 Å². The average Bonchev–Trinajstić information content (AvgIpc) is 2.90. The van der Waals surface area contributed by atoms with Crippen LogP contribution in [0.5, 0.6) is 0 Å². The Hall–Kier alpha value is -1.37. The molecule has 2 N–H and O–H groups in total. The van der Waals surface area contributed by atoms with E-state index >= 15 is 0 Å². The number of sulfonamides is 1. The van der Waals surface area contributed by atoms with Crippen LogP contribution in [-0.4, -0.2) is 13.5 Å². The summed E-state index contributed by atoms with van der Waals surface area (Å²) in [5.74, 6) is 0. The van der Waals surface area contributed by atoms with Gasteiger partial charge in [0.05, 0.1) is 17.2 Å². The van der Waals surface area contributed by atoms with Crippen molar-refractivity contribution in [2.75, 3.05) is 4.72 Å². The van der Waals surface area contributed by atoms with Crippen molar-refractivity contribution >= 4 is 27.0 Å². The predicted molar refractivity (Wildman–Crippen MR) is 76.9 cm³/mol. The summed E-state index contributed by atoms with van der Waals surface area (Å²) in [6, 6.07) is 6.72. The van der Waals surface area contributed by atoms with E-state index in [0.717, 1.165) is 5.56 Å². The zero-order valence-corrected chi connectivity index (χ0v) is 12.1. The molecule has 0 amide bonds. The standard InChI is InChI=1S/C13H15NO3S2/c1-2-11-4-3-10(8-15)7-13(11)19(16,17)14-12-5-6-18-9-12/h3-7,9,14-15H,2,8H2,1H3. The van der Waals surface area contributed by atoms with Crippen LogP contribution in [0.3, 0.4) is 0 Å². The minimum atomic E-state index is -3.61. The molecule has 1 heterocycles. The van der Waals surface area contributed by atoms with Crippen molar-refractivity contribution in [2.24, 2.45) is 0 Å². The first-order valence-electron chi connectivity index (χ1n) is 5.84. The van der Waals surface area contributed by atoms with Crippen molar-refractivity contribution < 1.29 is 13.5 Å². The highest BCUT2D eigenvalue weighted by Crippen LogP contribution is 2.23. The Labute approximate surface area is 116 Å². The highest BCUT2D eigenvalue weighted by Gasteiger charge is 2.18. The quantitative estimate of drug-likeness (QED) is 0.891. The molecule has 0 bridgehead atoms. The van der Waals surface area contributed by atoms with Gasteiger partial charge in [0.25, 0.3) is 10.0 Å². The Balaban J connectivity index is 2.43. The van der Waals surface area contributed by atoms with Gasteiger partial charge in [-0.25, -0.2) is 8.42 Å². The summed E-state index contributed by atoms with van der Waals surface area (Å²) < 4.78 is 27.3. The Morgan fingerprint density at radius 1 is 1.32 bits per heavy atom. The number of hydrogen-bond acceptors (Lipinski definition) is 4. The Kier molecular flexibility index (Phi) is 4.24. The Bertz CT molecular complexity index is 649. The second-order valence-electron chi connectivity index (χ2n) is 4.07. The van der Waals surface area contributed by atoms with Gasteiger partial charge >= 0.3 is 0 Å². The lowest BCUT2D eigenvalue weighted by molar-refractivity contribution is 0.281. The first-order valence-corrected chi connectivity index (χ1v) is 8.27. The molecule has 4 nitrogen and oxygen atoms in total. The molecule has 1 aromatic carbocycles. The molecule has 0 fully saturated rings. The molecule has 0 radical (unpaired) electrons. The first-order chi connectivity index (χ1) is 9.06. The number of aryl methyl sites for hydroxylation is 1. The van der Waals surface area contributed by atoms with Crippen LogP contribution in [-0.2, 0) is 23.1 Å². The van der Waals surface area contributed by atoms with E-state index in [9.17, 15) is 8.42 Å². The van der Waals surface area contributed by atoms with Crippen LogP contribution in [0.2, 0.25) is 0 Å². The van der Waals surface area contributed by atoms with Crippen molar-refractivity contribution in [2.45, 2.75) is 24.8 Å². The minimum Gasteiger partial charge on any atom is -0.392 e. The Morgan fingerprint density at radius 2 is 2.11 bits per heavy atom. The van der Waals surface area contributed by atoms with Gasteiger partial charge in [0.15, 0.2) is 0 Å². The van der Waals surface area contributed by atoms with Gasteiger partial charge in [0, 0.05) is 5.38 Å². The van der Waals surface area contributed by atoms with E-state index in [-0.39, 0.29) is 11.5 Å². The fourth-order valence-corrected chi connectivity index (χ4v) is 3.85. The lowest BCUT2D eigenvalue weighted by atomic mass is 10.1. The summed E-state index contributed by atoms with van der Waals surface area (Å²) in [6.45, 7) is 1.72. The zero-order valence-electron chi connectivity index (χ0n) is 10.5. The average molecular weight is 297 g/mol. The number of anilines is 1. The molecule has 102 valence electrons. The van der Waals surface area contributed by atoms with Crippen molar-refractivity contribution in [3.05, 3.63) is 46.2 Å². The number of rotatable bonds is 5. The lowest BCUT2D eigenvalue weighted by Gasteiger charge is -2.11. The summed E-state index contributed by atoms with van der Waals surface area (Å²) in [5, 5.41) is 12.7. The normalized spacial score (nSPS) is 11.5. The summed E-state index contributed by atoms with van der Waals surface area (Å²) in [7, 11) is -3.61. The molecule has 2 rings (SSSR count). The maximum atomic E-state index is 12.4. The van der Waals surface area contributed by atoms with E-state index in [4.69, 9.17) is 5.11 Å². The highest BCUT2D eigenvalue weighted by molar-refractivity contribution is 7.92. The van der Waals surface area contributed by atoms with E-state index in [1.807, 2.05) is 12.3 Å². The van der Waals surface area contributed by atoms with Crippen molar-refractivity contribution in [1.29, 1.82) is 0 Å². The molecule has 0 spiro atoms. The molecule has 0 saturated heterocycles. The second kappa shape index (κ2) is 5.73. The third-order valence-corrected chi connectivity index (χ3v) is 4.90. The number of nitrogens with one attached hydrogen (secondary N) is 1. The van der Waals surface area contributed by atoms with Gasteiger partial charge in [-0.2, -0.15) is 11.3 Å². The molecule has 6 heteroatoms. The summed E-state index contributed by atoms with van der Waals surface area (Å²) in [6.07, 6.45) is 0.617. The van der Waals surface area contributed by atoms with Crippen molar-refractivity contribution in [1.82, 2.24) is 0 Å². The van der Waals surface area contributed by atoms with Gasteiger partial charge in [-0.05, 0) is 35.1 Å². The molecule has 0 aliphatic rings. The number of thiophene rings is 1. The van der Waals surface area contributed by atoms with Gasteiger partial charge in [0.1, 0.15) is 0 Å². The smallest absolute Gasteiger partial charge is 0.262 e. The molecule has 0 aliphatic carbocycles. The molecule has 0 atom stereocenters. The molecular formula is C13H15NO3S2. The van der Waals surface area contributed by atoms with Gasteiger partial charge in [-0.3, -0.25) is 4.72 Å². The molecule has 19 heavy (non-hydrogen) atoms. The van der Waals surface area contributed by atoms with Gasteiger partial charge in [-0.15, -0.1) is 0 Å². The van der Waals surface area contributed by atoms with Crippen LogP contribution in [0.15, 0.2) is 39.9 Å². The van der Waals surface area contributed by atoms with Crippen LogP contribution < -0.4 is 4.72 Å². The fraction of sp³-hybridized carbons (Fsp3) is 0.231. The van der Waals surface area contributed by atoms with Crippen molar-refractivity contribution in [3.8, 4) is 0 Å². The molecule has 0 saturated carbocycles. The van der Waals surface area contributed by atoms with Gasteiger partial charge in [-0.1, -0.05) is 19.1 Å². The van der Waals surface area contributed by atoms with E-state index in [1.54, 1.807) is 23.6 Å². The number of aliphatic hydroxyl groups is 1. The molecule has 0 unspecified atom stereocenters. The topological polar surface area (TPSA) is 66.4 Å². The van der Waals surface area contributed by atoms with E-state index in [0.29, 0.717) is 17.7 Å². The first kappa shape index (κ1) is 14.0. The zero-order chi connectivity index (χ0) is 13.9. The van der Waals surface area contributed by atoms with Crippen LogP contribution >= 0.6 is 11.3 Å². The summed E-state index contributed by atoms with van der Waals surface area (Å²) >= 11 is 1.43. The SMILES string of the molecule is CCc1ccc(CO)cc1S(=O)(=O)Nc1ccsc1. The van der Waals surface area contributed by atoms with E-state index in [2.05, 4.69) is 4.72 Å². The number of hydrogen-bond donors (Lipinski definition) is 2. The highest BCUT2D eigenvalue weighted by atomic mass is 32.2. The van der Waals surface area contributed by atoms with Crippen LogP contribution in [0, 0.1) is 0 Å². The summed E-state index contributed by atoms with van der Waals surface area (Å²) in [4.78, 5) is 0.229. The second-order valence-corrected chi connectivity index (χ2v) is 6.50. The van der Waals surface area contributed by atoms with Crippen LogP contribution in [0.4, 0.5) is 5.69 Å². The molecule has 2 aromatic rings. The van der Waals surface area contributed by atoms with E-state index < -0.39 is 10.0 Å². The monoisotopic (exact) mass is 297 g/mol. The van der Waals surface area contributed by atoms with Gasteiger partial charge in [0.2, 0.25) is 0 Å². The Morgan fingerprint density at radius 3 is 2.68 bits per heavy atom. The maximum absolute atomic E-state index is 12.4. The van der Waals surface area contributed by atoms with E-state index in [1.165, 1.54) is 17.4 Å². The van der Waals surface area contributed by atoms with Crippen molar-refractivity contribution in [3.63, 3.8) is 0 Å². The fourth-order valence-electron chi connectivity index (χ4n) is 1.77. The van der Waals surface area contributed by atoms with Gasteiger partial charge < -0.3 is 5.11 Å². The summed E-state index contributed by atoms with van der Waals surface area (Å²) in [5.41, 5.74) is 1.88.